The molecule has 0 aliphatic carbocycles. The van der Waals surface area contributed by atoms with E-state index in [1.165, 1.54) is 36.4 Å². The lowest BCUT2D eigenvalue weighted by Gasteiger charge is -2.15. The molecule has 0 radical (unpaired) electrons. The molecule has 3 aromatic rings. The van der Waals surface area contributed by atoms with Crippen molar-refractivity contribution in [3.8, 4) is 0 Å². The number of hydrogen-bond acceptors (Lipinski definition) is 7. The quantitative estimate of drug-likeness (QED) is 0.260. The lowest BCUT2D eigenvalue weighted by molar-refractivity contribution is -0.121. The standard InChI is InChI=1S/C26H18ClNO7S/c27-19-7-3-1-5-17(19)20(29)14-35-26(34)15-9-11-16(12-10-15)28-23(30)13-22(24(28)31)36-21-8-4-2-6-18(21)25(32)33/h1-12,22H,13-14H2,(H,32,33). The summed E-state index contributed by atoms with van der Waals surface area (Å²) in [6.45, 7) is -0.496. The van der Waals surface area contributed by atoms with E-state index in [1.54, 1.807) is 36.4 Å². The third kappa shape index (κ3) is 5.32. The highest BCUT2D eigenvalue weighted by atomic mass is 35.5. The number of Topliss-reactive ketones (excluding diaryl/α,β-unsaturated/α-hetero) is 1. The van der Waals surface area contributed by atoms with Crippen LogP contribution in [-0.4, -0.2) is 46.5 Å². The van der Waals surface area contributed by atoms with Crippen LogP contribution < -0.4 is 4.90 Å². The zero-order valence-corrected chi connectivity index (χ0v) is 20.1. The highest BCUT2D eigenvalue weighted by Crippen LogP contribution is 2.35. The number of ether oxygens (including phenoxy) is 1. The number of carboxylic acids is 1. The number of amides is 2. The Morgan fingerprint density at radius 1 is 0.944 bits per heavy atom. The molecule has 1 heterocycles. The fourth-order valence-electron chi connectivity index (χ4n) is 3.59. The Hall–Kier alpha value is -3.95. The van der Waals surface area contributed by atoms with E-state index in [2.05, 4.69) is 0 Å². The third-order valence-corrected chi connectivity index (χ3v) is 6.95. The molecule has 182 valence electrons. The van der Waals surface area contributed by atoms with Gasteiger partial charge in [-0.25, -0.2) is 14.5 Å². The number of aromatic carboxylic acids is 1. The third-order valence-electron chi connectivity index (χ3n) is 5.36. The lowest BCUT2D eigenvalue weighted by atomic mass is 10.1. The Balaban J connectivity index is 1.41. The minimum absolute atomic E-state index is 0.0529. The van der Waals surface area contributed by atoms with E-state index in [4.69, 9.17) is 16.3 Å². The molecule has 1 fully saturated rings. The van der Waals surface area contributed by atoms with Gasteiger partial charge in [0.25, 0.3) is 0 Å². The molecular formula is C26H18ClNO7S. The number of thioether (sulfide) groups is 1. The number of carbonyl (C=O) groups is 5. The highest BCUT2D eigenvalue weighted by Gasteiger charge is 2.40. The zero-order valence-electron chi connectivity index (χ0n) is 18.5. The van der Waals surface area contributed by atoms with Crippen LogP contribution in [0.25, 0.3) is 0 Å². The van der Waals surface area contributed by atoms with Crippen LogP contribution in [-0.2, 0) is 14.3 Å². The van der Waals surface area contributed by atoms with E-state index >= 15 is 0 Å². The molecule has 1 saturated heterocycles. The van der Waals surface area contributed by atoms with Crippen LogP contribution in [0.5, 0.6) is 0 Å². The first-order valence-corrected chi connectivity index (χ1v) is 11.9. The molecule has 10 heteroatoms. The molecule has 8 nitrogen and oxygen atoms in total. The molecule has 4 rings (SSSR count). The Morgan fingerprint density at radius 2 is 1.58 bits per heavy atom. The van der Waals surface area contributed by atoms with Crippen LogP contribution in [0, 0.1) is 0 Å². The van der Waals surface area contributed by atoms with E-state index in [-0.39, 0.29) is 33.8 Å². The number of anilines is 1. The number of halogens is 1. The molecule has 1 unspecified atom stereocenters. The number of imide groups is 1. The average Bonchev–Trinajstić information content (AvgIpc) is 3.15. The van der Waals surface area contributed by atoms with Gasteiger partial charge in [-0.2, -0.15) is 0 Å². The van der Waals surface area contributed by atoms with Gasteiger partial charge < -0.3 is 9.84 Å². The van der Waals surface area contributed by atoms with E-state index in [0.717, 1.165) is 16.7 Å². The van der Waals surface area contributed by atoms with Gasteiger partial charge in [0.05, 0.1) is 27.1 Å². The summed E-state index contributed by atoms with van der Waals surface area (Å²) >= 11 is 7.01. The van der Waals surface area contributed by atoms with Gasteiger partial charge in [-0.05, 0) is 48.5 Å². The summed E-state index contributed by atoms with van der Waals surface area (Å²) < 4.78 is 5.07. The minimum Gasteiger partial charge on any atom is -0.478 e. The summed E-state index contributed by atoms with van der Waals surface area (Å²) in [6.07, 6.45) is -0.0919. The Kier molecular flexibility index (Phi) is 7.52. The highest BCUT2D eigenvalue weighted by molar-refractivity contribution is 8.00. The first-order chi connectivity index (χ1) is 17.3. The van der Waals surface area contributed by atoms with Crippen molar-refractivity contribution in [2.75, 3.05) is 11.5 Å². The number of nitrogens with zero attached hydrogens (tertiary/aromatic N) is 1. The van der Waals surface area contributed by atoms with Gasteiger partial charge in [0, 0.05) is 16.9 Å². The number of benzene rings is 3. The Morgan fingerprint density at radius 3 is 2.25 bits per heavy atom. The maximum Gasteiger partial charge on any atom is 0.338 e. The molecule has 0 bridgehead atoms. The predicted molar refractivity (Wildman–Crippen MR) is 133 cm³/mol. The number of carboxylic acid groups (broad SMARTS) is 1. The molecule has 3 aromatic carbocycles. The topological polar surface area (TPSA) is 118 Å². The molecule has 1 aliphatic heterocycles. The molecule has 0 aromatic heterocycles. The van der Waals surface area contributed by atoms with Crippen molar-refractivity contribution in [3.63, 3.8) is 0 Å². The zero-order chi connectivity index (χ0) is 25.8. The summed E-state index contributed by atoms with van der Waals surface area (Å²) in [7, 11) is 0. The normalized spacial score (nSPS) is 15.1. The van der Waals surface area contributed by atoms with Gasteiger partial charge in [-0.3, -0.25) is 14.4 Å². The maximum absolute atomic E-state index is 13.0. The van der Waals surface area contributed by atoms with Crippen molar-refractivity contribution in [1.82, 2.24) is 0 Å². The van der Waals surface area contributed by atoms with Crippen LogP contribution in [0.1, 0.15) is 37.5 Å². The van der Waals surface area contributed by atoms with Gasteiger partial charge >= 0.3 is 11.9 Å². The molecule has 0 spiro atoms. The fraction of sp³-hybridized carbons (Fsp3) is 0.115. The summed E-state index contributed by atoms with van der Waals surface area (Å²) in [4.78, 5) is 63.0. The van der Waals surface area contributed by atoms with Crippen LogP contribution in [0.3, 0.4) is 0 Å². The fourth-order valence-corrected chi connectivity index (χ4v) is 5.01. The average molecular weight is 524 g/mol. The van der Waals surface area contributed by atoms with Gasteiger partial charge in [0.15, 0.2) is 6.61 Å². The van der Waals surface area contributed by atoms with E-state index < -0.39 is 41.4 Å². The summed E-state index contributed by atoms with van der Waals surface area (Å²) in [5, 5.41) is 8.84. The number of hydrogen-bond donors (Lipinski definition) is 1. The summed E-state index contributed by atoms with van der Waals surface area (Å²) in [6, 6.07) is 18.3. The van der Waals surface area contributed by atoms with Gasteiger partial charge in [-0.15, -0.1) is 11.8 Å². The van der Waals surface area contributed by atoms with Crippen LogP contribution in [0.4, 0.5) is 5.69 Å². The van der Waals surface area contributed by atoms with Crippen molar-refractivity contribution < 1.29 is 33.8 Å². The monoisotopic (exact) mass is 523 g/mol. The second-order valence-corrected chi connectivity index (χ2v) is 9.36. The van der Waals surface area contributed by atoms with E-state index in [9.17, 15) is 29.1 Å². The van der Waals surface area contributed by atoms with Crippen molar-refractivity contribution >= 4 is 58.6 Å². The first kappa shape index (κ1) is 25.2. The number of esters is 1. The first-order valence-electron chi connectivity index (χ1n) is 10.7. The van der Waals surface area contributed by atoms with Crippen molar-refractivity contribution in [3.05, 3.63) is 94.5 Å². The molecule has 1 N–H and O–H groups in total. The molecule has 2 amide bonds. The number of carbonyl (C=O) groups excluding carboxylic acids is 4. The predicted octanol–water partition coefficient (Wildman–Crippen LogP) is 4.50. The Bertz CT molecular complexity index is 1370. The molecule has 1 atom stereocenters. The van der Waals surface area contributed by atoms with Gasteiger partial charge in [0.2, 0.25) is 17.6 Å². The van der Waals surface area contributed by atoms with Crippen molar-refractivity contribution in [1.29, 1.82) is 0 Å². The van der Waals surface area contributed by atoms with E-state index in [0.29, 0.717) is 4.90 Å². The lowest BCUT2D eigenvalue weighted by Crippen LogP contribution is -2.31. The van der Waals surface area contributed by atoms with E-state index in [1.807, 2.05) is 0 Å². The smallest absolute Gasteiger partial charge is 0.338 e. The molecule has 1 aliphatic rings. The van der Waals surface area contributed by atoms with Crippen molar-refractivity contribution in [2.45, 2.75) is 16.6 Å². The maximum atomic E-state index is 13.0. The largest absolute Gasteiger partial charge is 0.478 e. The second kappa shape index (κ2) is 10.8. The number of rotatable bonds is 8. The van der Waals surface area contributed by atoms with Gasteiger partial charge in [-0.1, -0.05) is 35.9 Å². The van der Waals surface area contributed by atoms with Gasteiger partial charge in [0.1, 0.15) is 0 Å². The summed E-state index contributed by atoms with van der Waals surface area (Å²) in [5.74, 6) is -3.24. The van der Waals surface area contributed by atoms with Crippen molar-refractivity contribution in [2.24, 2.45) is 0 Å². The molecule has 0 saturated carbocycles. The van der Waals surface area contributed by atoms with Crippen LogP contribution >= 0.6 is 23.4 Å². The molecule has 36 heavy (non-hydrogen) atoms. The minimum atomic E-state index is -1.12. The number of ketones is 1. The molecular weight excluding hydrogens is 506 g/mol. The Labute approximate surface area is 214 Å². The van der Waals surface area contributed by atoms with Crippen LogP contribution in [0.2, 0.25) is 5.02 Å². The van der Waals surface area contributed by atoms with Crippen LogP contribution in [0.15, 0.2) is 77.7 Å². The SMILES string of the molecule is O=C(OCC(=O)c1ccccc1Cl)c1ccc(N2C(=O)CC(Sc3ccccc3C(=O)O)C2=O)cc1. The second-order valence-electron chi connectivity index (χ2n) is 7.71. The summed E-state index contributed by atoms with van der Waals surface area (Å²) in [5.41, 5.74) is 0.693.